The summed E-state index contributed by atoms with van der Waals surface area (Å²) in [7, 11) is -3.42. The number of pyridine rings is 1. The van der Waals surface area contributed by atoms with Crippen molar-refractivity contribution in [3.05, 3.63) is 110 Å². The molecule has 1 N–H and O–H groups in total. The van der Waals surface area contributed by atoms with E-state index in [1.54, 1.807) is 47.6 Å². The van der Waals surface area contributed by atoms with Crippen LogP contribution in [0.1, 0.15) is 46.9 Å². The maximum atomic E-state index is 14.2. The number of carbonyl (C=O) groups excluding carboxylic acids is 1. The molecule has 0 bridgehead atoms. The summed E-state index contributed by atoms with van der Waals surface area (Å²) in [6.07, 6.45) is 6.54. The summed E-state index contributed by atoms with van der Waals surface area (Å²) in [5.41, 5.74) is 2.21. The Morgan fingerprint density at radius 1 is 1.02 bits per heavy atom. The summed E-state index contributed by atoms with van der Waals surface area (Å²) in [6, 6.07) is 14.5. The fourth-order valence-electron chi connectivity index (χ4n) is 5.39. The Balaban J connectivity index is 1.44. The third-order valence-electron chi connectivity index (χ3n) is 7.90. The van der Waals surface area contributed by atoms with E-state index in [2.05, 4.69) is 10.3 Å². The number of rotatable bonds is 6. The molecule has 0 saturated heterocycles. The molecule has 42 heavy (non-hydrogen) atoms. The summed E-state index contributed by atoms with van der Waals surface area (Å²) in [6.45, 7) is 2.02. The fraction of sp³-hybridized carbons (Fsp3) is 0.267. The Kier molecular flexibility index (Phi) is 7.11. The highest BCUT2D eigenvalue weighted by Crippen LogP contribution is 2.48. The van der Waals surface area contributed by atoms with E-state index in [0.29, 0.717) is 39.9 Å². The molecule has 9 nitrogen and oxygen atoms in total. The van der Waals surface area contributed by atoms with Crippen LogP contribution in [0.15, 0.2) is 76.7 Å². The van der Waals surface area contributed by atoms with Crippen LogP contribution >= 0.6 is 23.2 Å². The zero-order chi connectivity index (χ0) is 29.8. The molecule has 216 valence electrons. The third kappa shape index (κ3) is 5.19. The van der Waals surface area contributed by atoms with Gasteiger partial charge in [-0.15, -0.1) is 0 Å². The first kappa shape index (κ1) is 28.4. The highest BCUT2D eigenvalue weighted by atomic mass is 35.5. The van der Waals surface area contributed by atoms with Gasteiger partial charge in [0.1, 0.15) is 0 Å². The van der Waals surface area contributed by atoms with Gasteiger partial charge in [-0.25, -0.2) is 18.0 Å². The molecule has 0 radical (unpaired) electrons. The van der Waals surface area contributed by atoms with Gasteiger partial charge in [0.25, 0.3) is 11.5 Å². The lowest BCUT2D eigenvalue weighted by molar-refractivity contribution is 0.0653. The predicted molar refractivity (Wildman–Crippen MR) is 161 cm³/mol. The Morgan fingerprint density at radius 3 is 2.33 bits per heavy atom. The van der Waals surface area contributed by atoms with E-state index >= 15 is 0 Å². The van der Waals surface area contributed by atoms with Crippen molar-refractivity contribution in [2.45, 2.75) is 49.2 Å². The van der Waals surface area contributed by atoms with Crippen molar-refractivity contribution in [3.8, 4) is 5.69 Å². The molecular formula is C30H27Cl2N5O4S. The molecule has 2 aliphatic rings. The average molecular weight is 625 g/mol. The predicted octanol–water partition coefficient (Wildman–Crippen LogP) is 5.03. The fourth-order valence-corrected chi connectivity index (χ4v) is 6.32. The Morgan fingerprint density at radius 2 is 1.71 bits per heavy atom. The number of amides is 1. The molecule has 1 aliphatic carbocycles. The Bertz CT molecular complexity index is 1870. The van der Waals surface area contributed by atoms with Gasteiger partial charge in [0.05, 0.1) is 38.4 Å². The molecule has 1 aliphatic heterocycles. The minimum Gasteiger partial charge on any atom is -0.346 e. The molecule has 3 heterocycles. The zero-order valence-electron chi connectivity index (χ0n) is 22.8. The van der Waals surface area contributed by atoms with Gasteiger partial charge in [-0.1, -0.05) is 23.2 Å². The quantitative estimate of drug-likeness (QED) is 0.320. The second-order valence-corrected chi connectivity index (χ2v) is 13.7. The molecule has 1 fully saturated rings. The van der Waals surface area contributed by atoms with Gasteiger partial charge in [0.15, 0.2) is 9.84 Å². The highest BCUT2D eigenvalue weighted by Gasteiger charge is 2.45. The molecule has 12 heteroatoms. The van der Waals surface area contributed by atoms with Crippen molar-refractivity contribution in [1.29, 1.82) is 0 Å². The van der Waals surface area contributed by atoms with E-state index in [4.69, 9.17) is 28.2 Å². The summed E-state index contributed by atoms with van der Waals surface area (Å²) in [5, 5.41) is 4.16. The Hall–Kier alpha value is -3.73. The van der Waals surface area contributed by atoms with Crippen molar-refractivity contribution < 1.29 is 13.2 Å². The molecule has 4 aromatic rings. The number of benzene rings is 2. The lowest BCUT2D eigenvalue weighted by Crippen LogP contribution is -2.46. The maximum absolute atomic E-state index is 14.2. The topological polar surface area (TPSA) is 114 Å². The van der Waals surface area contributed by atoms with E-state index in [0.717, 1.165) is 24.7 Å². The van der Waals surface area contributed by atoms with Crippen LogP contribution in [0.3, 0.4) is 0 Å². The number of anilines is 1. The number of carbonyl (C=O) groups is 1. The number of aromatic nitrogens is 3. The van der Waals surface area contributed by atoms with Crippen molar-refractivity contribution in [2.75, 3.05) is 11.6 Å². The largest absolute Gasteiger partial charge is 0.346 e. The van der Waals surface area contributed by atoms with E-state index < -0.39 is 15.4 Å². The molecule has 1 saturated carbocycles. The number of halogens is 2. The number of hydrogen-bond donors (Lipinski definition) is 1. The van der Waals surface area contributed by atoms with Crippen molar-refractivity contribution >= 4 is 44.9 Å². The molecular weight excluding hydrogens is 597 g/mol. The summed E-state index contributed by atoms with van der Waals surface area (Å²) >= 11 is 12.2. The average Bonchev–Trinajstić information content (AvgIpc) is 3.75. The van der Waals surface area contributed by atoms with Crippen LogP contribution in [0.4, 0.5) is 5.95 Å². The zero-order valence-corrected chi connectivity index (χ0v) is 25.2. The number of nitrogens with zero attached hydrogens (tertiary/aromatic N) is 4. The standard InChI is InChI=1S/C30H27Cl2N5O4S/c1-18-15-23-26(17-36(18)27(38)19-3-8-24(31)25(32)16-19)34-29(35-30(11-12-30)20-9-13-33-14-10-20)37(28(23)39)21-4-6-22(7-5-21)42(2,40)41/h3-10,13-14,16,18H,11-12,15,17H2,1-2H3,(H,34,35)/t18-/m1/s1. The number of hydrogen-bond acceptors (Lipinski definition) is 7. The minimum atomic E-state index is -3.42. The molecule has 1 atom stereocenters. The smallest absolute Gasteiger partial charge is 0.263 e. The van der Waals surface area contributed by atoms with Gasteiger partial charge in [-0.05, 0) is 86.3 Å². The summed E-state index contributed by atoms with van der Waals surface area (Å²) in [4.78, 5) is 38.6. The third-order valence-corrected chi connectivity index (χ3v) is 9.77. The molecule has 0 unspecified atom stereocenters. The first-order valence-corrected chi connectivity index (χ1v) is 16.0. The van der Waals surface area contributed by atoms with E-state index in [-0.39, 0.29) is 34.0 Å². The van der Waals surface area contributed by atoms with Crippen LogP contribution in [0.5, 0.6) is 0 Å². The Labute approximate surface area is 253 Å². The number of fused-ring (bicyclic) bond motifs is 1. The van der Waals surface area contributed by atoms with Crippen molar-refractivity contribution in [1.82, 2.24) is 19.4 Å². The van der Waals surface area contributed by atoms with Crippen LogP contribution < -0.4 is 10.9 Å². The number of nitrogens with one attached hydrogen (secondary N) is 1. The molecule has 2 aromatic carbocycles. The molecule has 6 rings (SSSR count). The monoisotopic (exact) mass is 623 g/mol. The van der Waals surface area contributed by atoms with Gasteiger partial charge in [0.2, 0.25) is 5.95 Å². The van der Waals surface area contributed by atoms with Gasteiger partial charge < -0.3 is 10.2 Å². The summed E-state index contributed by atoms with van der Waals surface area (Å²) < 4.78 is 25.6. The molecule has 2 aromatic heterocycles. The lowest BCUT2D eigenvalue weighted by Gasteiger charge is -2.35. The first-order valence-electron chi connectivity index (χ1n) is 13.4. The highest BCUT2D eigenvalue weighted by molar-refractivity contribution is 7.90. The minimum absolute atomic E-state index is 0.135. The first-order chi connectivity index (χ1) is 20.0. The lowest BCUT2D eigenvalue weighted by atomic mass is 9.98. The van der Waals surface area contributed by atoms with Gasteiger partial charge in [-0.2, -0.15) is 0 Å². The maximum Gasteiger partial charge on any atom is 0.263 e. The van der Waals surface area contributed by atoms with E-state index in [9.17, 15) is 18.0 Å². The van der Waals surface area contributed by atoms with Crippen LogP contribution in [0.2, 0.25) is 10.0 Å². The van der Waals surface area contributed by atoms with Crippen molar-refractivity contribution in [3.63, 3.8) is 0 Å². The van der Waals surface area contributed by atoms with E-state index in [1.807, 2.05) is 19.1 Å². The van der Waals surface area contributed by atoms with E-state index in [1.165, 1.54) is 16.7 Å². The summed E-state index contributed by atoms with van der Waals surface area (Å²) in [5.74, 6) is 0.0793. The van der Waals surface area contributed by atoms with Gasteiger partial charge >= 0.3 is 0 Å². The van der Waals surface area contributed by atoms with Crippen LogP contribution in [-0.4, -0.2) is 46.1 Å². The molecule has 1 amide bonds. The van der Waals surface area contributed by atoms with Gasteiger partial charge in [-0.3, -0.25) is 14.6 Å². The second kappa shape index (κ2) is 10.5. The van der Waals surface area contributed by atoms with Gasteiger partial charge in [0, 0.05) is 35.8 Å². The SMILES string of the molecule is C[C@@H]1Cc2c(nc(NC3(c4ccncc4)CC3)n(-c3ccc(S(C)(=O)=O)cc3)c2=O)CN1C(=O)c1ccc(Cl)c(Cl)c1. The molecule has 0 spiro atoms. The van der Waals surface area contributed by atoms with Crippen LogP contribution in [0, 0.1) is 0 Å². The normalized spacial score (nSPS) is 17.4. The second-order valence-electron chi connectivity index (χ2n) is 10.8. The number of sulfone groups is 1. The van der Waals surface area contributed by atoms with Crippen LogP contribution in [-0.2, 0) is 28.3 Å². The van der Waals surface area contributed by atoms with Crippen LogP contribution in [0.25, 0.3) is 5.69 Å². The van der Waals surface area contributed by atoms with Crippen molar-refractivity contribution in [2.24, 2.45) is 0 Å².